The molecule has 16 heavy (non-hydrogen) atoms. The predicted octanol–water partition coefficient (Wildman–Crippen LogP) is 3.36. The van der Waals surface area contributed by atoms with Crippen LogP contribution in [0.4, 0.5) is 0 Å². The minimum atomic E-state index is 0.360. The summed E-state index contributed by atoms with van der Waals surface area (Å²) in [6.45, 7) is 0. The Balaban J connectivity index is 1.99. The molecule has 0 N–H and O–H groups in total. The lowest BCUT2D eigenvalue weighted by Gasteiger charge is -2.05. The molecule has 0 spiro atoms. The molecule has 0 bridgehead atoms. The fourth-order valence-corrected chi connectivity index (χ4v) is 2.18. The fraction of sp³-hybridized carbons (Fsp3) is 0.267. The maximum Gasteiger partial charge on any atom is 0.140 e. The number of carbonyl (C=O) groups is 1. The lowest BCUT2D eigenvalue weighted by Crippen LogP contribution is -2.04. The molecule has 0 atom stereocenters. The molecule has 80 valence electrons. The molecule has 2 aromatic carbocycles. The summed E-state index contributed by atoms with van der Waals surface area (Å²) >= 11 is 0. The average Bonchev–Trinajstić information content (AvgIpc) is 3.13. The first-order valence-electron chi connectivity index (χ1n) is 5.84. The second-order valence-corrected chi connectivity index (χ2v) is 4.56. The van der Waals surface area contributed by atoms with E-state index in [1.807, 2.05) is 18.2 Å². The summed E-state index contributed by atoms with van der Waals surface area (Å²) in [5.41, 5.74) is 1.18. The number of benzene rings is 2. The van der Waals surface area contributed by atoms with Crippen LogP contribution >= 0.6 is 0 Å². The van der Waals surface area contributed by atoms with E-state index in [0.29, 0.717) is 18.1 Å². The van der Waals surface area contributed by atoms with Gasteiger partial charge in [-0.15, -0.1) is 0 Å². The van der Waals surface area contributed by atoms with Crippen LogP contribution in [0.3, 0.4) is 0 Å². The van der Waals surface area contributed by atoms with Gasteiger partial charge in [0.15, 0.2) is 0 Å². The van der Waals surface area contributed by atoms with E-state index in [9.17, 15) is 4.79 Å². The molecule has 0 heterocycles. The zero-order valence-corrected chi connectivity index (χ0v) is 9.15. The van der Waals surface area contributed by atoms with Gasteiger partial charge < -0.3 is 0 Å². The van der Waals surface area contributed by atoms with Gasteiger partial charge in [0.2, 0.25) is 0 Å². The van der Waals surface area contributed by atoms with Crippen molar-refractivity contribution in [2.45, 2.75) is 19.3 Å². The van der Waals surface area contributed by atoms with Gasteiger partial charge in [0, 0.05) is 12.3 Å². The van der Waals surface area contributed by atoms with Crippen molar-refractivity contribution in [2.24, 2.45) is 5.92 Å². The largest absolute Gasteiger partial charge is 0.299 e. The highest BCUT2D eigenvalue weighted by Crippen LogP contribution is 2.31. The number of hydrogen-bond donors (Lipinski definition) is 0. The quantitative estimate of drug-likeness (QED) is 0.759. The number of rotatable bonds is 3. The number of fused-ring (bicyclic) bond motifs is 1. The van der Waals surface area contributed by atoms with Crippen LogP contribution in [0.5, 0.6) is 0 Å². The Bertz CT molecular complexity index is 533. The monoisotopic (exact) mass is 210 g/mol. The van der Waals surface area contributed by atoms with E-state index in [1.54, 1.807) is 0 Å². The molecular formula is C15H14O. The summed E-state index contributed by atoms with van der Waals surface area (Å²) in [7, 11) is 0. The number of Topliss-reactive ketones (excluding diaryl/α,β-unsaturated/α-hetero) is 1. The third-order valence-electron chi connectivity index (χ3n) is 3.28. The van der Waals surface area contributed by atoms with Crippen LogP contribution in [0, 0.1) is 5.92 Å². The minimum absolute atomic E-state index is 0.360. The molecule has 1 aliphatic carbocycles. The molecule has 0 aromatic heterocycles. The zero-order chi connectivity index (χ0) is 11.0. The van der Waals surface area contributed by atoms with Gasteiger partial charge in [0.25, 0.3) is 0 Å². The van der Waals surface area contributed by atoms with Gasteiger partial charge in [0.1, 0.15) is 5.78 Å². The van der Waals surface area contributed by atoms with Gasteiger partial charge in [-0.2, -0.15) is 0 Å². The molecule has 0 radical (unpaired) electrons. The highest BCUT2D eigenvalue weighted by molar-refractivity contribution is 5.92. The normalized spacial score (nSPS) is 15.2. The van der Waals surface area contributed by atoms with E-state index in [4.69, 9.17) is 0 Å². The standard InChI is InChI=1S/C15H14O/c16-15(12-8-9-12)10-13-6-3-5-11-4-1-2-7-14(11)13/h1-7,12H,8-10H2. The van der Waals surface area contributed by atoms with Crippen LogP contribution in [0.25, 0.3) is 10.8 Å². The summed E-state index contributed by atoms with van der Waals surface area (Å²) in [4.78, 5) is 11.8. The van der Waals surface area contributed by atoms with E-state index in [0.717, 1.165) is 12.8 Å². The van der Waals surface area contributed by atoms with Gasteiger partial charge >= 0.3 is 0 Å². The van der Waals surface area contributed by atoms with Gasteiger partial charge in [-0.1, -0.05) is 42.5 Å². The van der Waals surface area contributed by atoms with E-state index in [2.05, 4.69) is 24.3 Å². The third-order valence-corrected chi connectivity index (χ3v) is 3.28. The Kier molecular flexibility index (Phi) is 2.24. The molecule has 0 unspecified atom stereocenters. The maximum atomic E-state index is 11.8. The van der Waals surface area contributed by atoms with Crippen LogP contribution in [0.1, 0.15) is 18.4 Å². The second-order valence-electron chi connectivity index (χ2n) is 4.56. The first kappa shape index (κ1) is 9.59. The molecule has 0 aliphatic heterocycles. The number of ketones is 1. The third kappa shape index (κ3) is 1.73. The van der Waals surface area contributed by atoms with Crippen LogP contribution in [-0.2, 0) is 11.2 Å². The highest BCUT2D eigenvalue weighted by atomic mass is 16.1. The van der Waals surface area contributed by atoms with Crippen molar-refractivity contribution >= 4 is 16.6 Å². The van der Waals surface area contributed by atoms with Gasteiger partial charge in [-0.25, -0.2) is 0 Å². The summed E-state index contributed by atoms with van der Waals surface area (Å²) in [5, 5.41) is 2.45. The molecule has 0 amide bonds. The van der Waals surface area contributed by atoms with Gasteiger partial charge in [0.05, 0.1) is 0 Å². The van der Waals surface area contributed by atoms with Crippen LogP contribution < -0.4 is 0 Å². The first-order valence-corrected chi connectivity index (χ1v) is 5.84. The Labute approximate surface area is 95.1 Å². The average molecular weight is 210 g/mol. The molecule has 3 rings (SSSR count). The van der Waals surface area contributed by atoms with Crippen molar-refractivity contribution in [1.82, 2.24) is 0 Å². The Morgan fingerprint density at radius 1 is 1.06 bits per heavy atom. The number of hydrogen-bond acceptors (Lipinski definition) is 1. The van der Waals surface area contributed by atoms with Crippen molar-refractivity contribution < 1.29 is 4.79 Å². The Morgan fingerprint density at radius 3 is 2.62 bits per heavy atom. The molecule has 1 heteroatoms. The molecule has 1 nitrogen and oxygen atoms in total. The molecule has 0 saturated heterocycles. The Morgan fingerprint density at radius 2 is 1.81 bits per heavy atom. The summed E-state index contributed by atoms with van der Waals surface area (Å²) in [6, 6.07) is 14.5. The summed E-state index contributed by atoms with van der Waals surface area (Å²) in [6.07, 6.45) is 2.80. The van der Waals surface area contributed by atoms with E-state index in [1.165, 1.54) is 16.3 Å². The van der Waals surface area contributed by atoms with Crippen molar-refractivity contribution in [3.63, 3.8) is 0 Å². The predicted molar refractivity (Wildman–Crippen MR) is 65.4 cm³/mol. The topological polar surface area (TPSA) is 17.1 Å². The SMILES string of the molecule is O=C(Cc1cccc2ccccc12)C1CC1. The zero-order valence-electron chi connectivity index (χ0n) is 9.15. The van der Waals surface area contributed by atoms with E-state index in [-0.39, 0.29) is 0 Å². The van der Waals surface area contributed by atoms with Crippen LogP contribution in [-0.4, -0.2) is 5.78 Å². The minimum Gasteiger partial charge on any atom is -0.299 e. The van der Waals surface area contributed by atoms with E-state index >= 15 is 0 Å². The first-order chi connectivity index (χ1) is 7.84. The smallest absolute Gasteiger partial charge is 0.140 e. The van der Waals surface area contributed by atoms with Gasteiger partial charge in [-0.05, 0) is 29.2 Å². The van der Waals surface area contributed by atoms with E-state index < -0.39 is 0 Å². The molecular weight excluding hydrogens is 196 g/mol. The maximum absolute atomic E-state index is 11.8. The molecule has 1 aliphatic rings. The summed E-state index contributed by atoms with van der Waals surface area (Å²) < 4.78 is 0. The lowest BCUT2D eigenvalue weighted by molar-refractivity contribution is -0.119. The Hall–Kier alpha value is -1.63. The number of carbonyl (C=O) groups excluding carboxylic acids is 1. The van der Waals surface area contributed by atoms with Crippen molar-refractivity contribution in [3.8, 4) is 0 Å². The van der Waals surface area contributed by atoms with Crippen LogP contribution in [0.2, 0.25) is 0 Å². The summed E-state index contributed by atoms with van der Waals surface area (Å²) in [5.74, 6) is 0.773. The van der Waals surface area contributed by atoms with Crippen molar-refractivity contribution in [3.05, 3.63) is 48.0 Å². The highest BCUT2D eigenvalue weighted by Gasteiger charge is 2.29. The second kappa shape index (κ2) is 3.75. The molecule has 1 saturated carbocycles. The lowest BCUT2D eigenvalue weighted by atomic mass is 9.99. The fourth-order valence-electron chi connectivity index (χ4n) is 2.18. The van der Waals surface area contributed by atoms with Crippen molar-refractivity contribution in [2.75, 3.05) is 0 Å². The van der Waals surface area contributed by atoms with Crippen LogP contribution in [0.15, 0.2) is 42.5 Å². The van der Waals surface area contributed by atoms with Gasteiger partial charge in [-0.3, -0.25) is 4.79 Å². The molecule has 1 fully saturated rings. The van der Waals surface area contributed by atoms with Crippen molar-refractivity contribution in [1.29, 1.82) is 0 Å². The molecule has 2 aromatic rings.